The molecule has 13 heavy (non-hydrogen) atoms. The molecule has 1 saturated heterocycles. The summed E-state index contributed by atoms with van der Waals surface area (Å²) in [4.78, 5) is 2.30. The highest BCUT2D eigenvalue weighted by atomic mass is 35.5. The average molecular weight is 217 g/mol. The average Bonchev–Trinajstić information content (AvgIpc) is 2.43. The molecule has 0 unspecified atom stereocenters. The Labute approximate surface area is 87.5 Å². The summed E-state index contributed by atoms with van der Waals surface area (Å²) in [5.41, 5.74) is 1.30. The minimum absolute atomic E-state index is 0.670. The molecule has 72 valence electrons. The molecule has 0 atom stereocenters. The number of nitrogens with one attached hydrogen (secondary N) is 1. The Kier molecular flexibility index (Phi) is 2.89. The number of likely N-dealkylation sites (tertiary alicyclic amines) is 1. The maximum Gasteiger partial charge on any atom is 0.0931 e. The van der Waals surface area contributed by atoms with Gasteiger partial charge in [-0.25, -0.2) is 0 Å². The molecule has 0 aliphatic carbocycles. The fraction of sp³-hybridized carbons (Fsp3) is 0.556. The Hall–Kier alpha value is -0.0900. The first kappa shape index (κ1) is 9.46. The lowest BCUT2D eigenvalue weighted by molar-refractivity contribution is 0.161. The highest BCUT2D eigenvalue weighted by Gasteiger charge is 2.21. The number of thiophene rings is 1. The molecule has 1 fully saturated rings. The van der Waals surface area contributed by atoms with Crippen LogP contribution in [0.15, 0.2) is 11.4 Å². The summed E-state index contributed by atoms with van der Waals surface area (Å²) < 4.78 is 0.877. The van der Waals surface area contributed by atoms with Gasteiger partial charge < -0.3 is 10.2 Å². The summed E-state index contributed by atoms with van der Waals surface area (Å²) in [6, 6.07) is 2.70. The van der Waals surface area contributed by atoms with Crippen molar-refractivity contribution in [3.8, 4) is 0 Å². The van der Waals surface area contributed by atoms with Crippen LogP contribution in [0.3, 0.4) is 0 Å². The van der Waals surface area contributed by atoms with Gasteiger partial charge in [-0.2, -0.15) is 0 Å². The zero-order valence-electron chi connectivity index (χ0n) is 7.59. The van der Waals surface area contributed by atoms with E-state index in [0.29, 0.717) is 6.04 Å². The first-order chi connectivity index (χ1) is 6.24. The lowest BCUT2D eigenvalue weighted by Crippen LogP contribution is -2.55. The lowest BCUT2D eigenvalue weighted by Gasteiger charge is -2.36. The van der Waals surface area contributed by atoms with Gasteiger partial charge in [0.1, 0.15) is 0 Å². The second-order valence-corrected chi connectivity index (χ2v) is 5.10. The molecule has 1 aromatic heterocycles. The monoisotopic (exact) mass is 216 g/mol. The highest BCUT2D eigenvalue weighted by molar-refractivity contribution is 7.14. The number of hydrogen-bond acceptors (Lipinski definition) is 3. The van der Waals surface area contributed by atoms with Crippen molar-refractivity contribution in [3.05, 3.63) is 21.3 Å². The van der Waals surface area contributed by atoms with Crippen LogP contribution in [0.1, 0.15) is 5.56 Å². The van der Waals surface area contributed by atoms with Crippen LogP contribution in [0.4, 0.5) is 0 Å². The molecule has 0 spiro atoms. The maximum absolute atomic E-state index is 5.83. The zero-order valence-corrected chi connectivity index (χ0v) is 9.16. The van der Waals surface area contributed by atoms with E-state index in [-0.39, 0.29) is 0 Å². The molecule has 2 nitrogen and oxygen atoms in total. The molecule has 1 aliphatic heterocycles. The lowest BCUT2D eigenvalue weighted by atomic mass is 10.1. The van der Waals surface area contributed by atoms with Crippen LogP contribution in [-0.4, -0.2) is 31.1 Å². The third-order valence-corrected chi connectivity index (χ3v) is 3.42. The van der Waals surface area contributed by atoms with E-state index in [2.05, 4.69) is 22.6 Å². The second-order valence-electron chi connectivity index (χ2n) is 3.56. The molecule has 1 aliphatic rings. The van der Waals surface area contributed by atoms with Crippen molar-refractivity contribution in [3.63, 3.8) is 0 Å². The second kappa shape index (κ2) is 3.96. The summed E-state index contributed by atoms with van der Waals surface area (Å²) in [7, 11) is 2.14. The van der Waals surface area contributed by atoms with E-state index in [1.807, 2.05) is 6.07 Å². The van der Waals surface area contributed by atoms with Crippen LogP contribution < -0.4 is 5.32 Å². The SMILES string of the molecule is CN1CC(NCc2csc(Cl)c2)C1. The quantitative estimate of drug-likeness (QED) is 0.829. The van der Waals surface area contributed by atoms with Gasteiger partial charge in [-0.1, -0.05) is 11.6 Å². The number of nitrogens with zero attached hydrogens (tertiary/aromatic N) is 1. The minimum Gasteiger partial charge on any atom is -0.307 e. The van der Waals surface area contributed by atoms with Crippen LogP contribution in [0.2, 0.25) is 4.34 Å². The minimum atomic E-state index is 0.670. The van der Waals surface area contributed by atoms with Crippen LogP contribution in [0.25, 0.3) is 0 Å². The summed E-state index contributed by atoms with van der Waals surface area (Å²) in [6.45, 7) is 3.28. The molecular formula is C9H13ClN2S. The van der Waals surface area contributed by atoms with Crippen molar-refractivity contribution in [2.24, 2.45) is 0 Å². The summed E-state index contributed by atoms with van der Waals surface area (Å²) in [6.07, 6.45) is 0. The molecule has 4 heteroatoms. The van der Waals surface area contributed by atoms with E-state index >= 15 is 0 Å². The zero-order chi connectivity index (χ0) is 9.26. The molecule has 0 saturated carbocycles. The van der Waals surface area contributed by atoms with E-state index in [1.54, 1.807) is 11.3 Å². The van der Waals surface area contributed by atoms with Gasteiger partial charge in [0.25, 0.3) is 0 Å². The Morgan fingerprint density at radius 1 is 1.69 bits per heavy atom. The summed E-state index contributed by atoms with van der Waals surface area (Å²) >= 11 is 7.43. The van der Waals surface area contributed by atoms with Crippen molar-refractivity contribution >= 4 is 22.9 Å². The normalized spacial score (nSPS) is 18.9. The first-order valence-electron chi connectivity index (χ1n) is 4.39. The third kappa shape index (κ3) is 2.44. The molecule has 2 rings (SSSR count). The first-order valence-corrected chi connectivity index (χ1v) is 5.64. The van der Waals surface area contributed by atoms with Gasteiger partial charge >= 0.3 is 0 Å². The van der Waals surface area contributed by atoms with Gasteiger partial charge in [-0.3, -0.25) is 0 Å². The number of likely N-dealkylation sites (N-methyl/N-ethyl adjacent to an activating group) is 1. The number of rotatable bonds is 3. The van der Waals surface area contributed by atoms with Gasteiger partial charge in [0, 0.05) is 25.7 Å². The predicted molar refractivity (Wildman–Crippen MR) is 57.5 cm³/mol. The molecule has 0 aromatic carbocycles. The Morgan fingerprint density at radius 2 is 2.46 bits per heavy atom. The molecule has 1 N–H and O–H groups in total. The van der Waals surface area contributed by atoms with Gasteiger partial charge in [0.2, 0.25) is 0 Å². The largest absolute Gasteiger partial charge is 0.307 e. The molecular weight excluding hydrogens is 204 g/mol. The van der Waals surface area contributed by atoms with E-state index < -0.39 is 0 Å². The van der Waals surface area contributed by atoms with Crippen molar-refractivity contribution < 1.29 is 0 Å². The van der Waals surface area contributed by atoms with Gasteiger partial charge in [-0.05, 0) is 24.1 Å². The van der Waals surface area contributed by atoms with Crippen molar-refractivity contribution in [1.29, 1.82) is 0 Å². The van der Waals surface area contributed by atoms with Crippen molar-refractivity contribution in [2.45, 2.75) is 12.6 Å². The Balaban J connectivity index is 1.74. The van der Waals surface area contributed by atoms with Gasteiger partial charge in [0.15, 0.2) is 0 Å². The molecule has 0 radical (unpaired) electrons. The molecule has 2 heterocycles. The van der Waals surface area contributed by atoms with E-state index in [9.17, 15) is 0 Å². The van der Waals surface area contributed by atoms with Crippen LogP contribution >= 0.6 is 22.9 Å². The molecule has 0 amide bonds. The Morgan fingerprint density at radius 3 is 3.00 bits per heavy atom. The van der Waals surface area contributed by atoms with E-state index in [4.69, 9.17) is 11.6 Å². The fourth-order valence-electron chi connectivity index (χ4n) is 1.53. The Bertz CT molecular complexity index is 281. The highest BCUT2D eigenvalue weighted by Crippen LogP contribution is 2.19. The molecule has 0 bridgehead atoms. The fourth-order valence-corrected chi connectivity index (χ4v) is 2.44. The predicted octanol–water partition coefficient (Wildman–Crippen LogP) is 1.81. The van der Waals surface area contributed by atoms with Crippen LogP contribution in [0.5, 0.6) is 0 Å². The number of hydrogen-bond donors (Lipinski definition) is 1. The maximum atomic E-state index is 5.83. The summed E-state index contributed by atoms with van der Waals surface area (Å²) in [5.74, 6) is 0. The van der Waals surface area contributed by atoms with E-state index in [1.165, 1.54) is 5.56 Å². The number of halogens is 1. The van der Waals surface area contributed by atoms with Crippen LogP contribution in [0, 0.1) is 0 Å². The van der Waals surface area contributed by atoms with Crippen LogP contribution in [-0.2, 0) is 6.54 Å². The van der Waals surface area contributed by atoms with E-state index in [0.717, 1.165) is 24.0 Å². The smallest absolute Gasteiger partial charge is 0.0931 e. The van der Waals surface area contributed by atoms with Crippen molar-refractivity contribution in [2.75, 3.05) is 20.1 Å². The standard InChI is InChI=1S/C9H13ClN2S/c1-12-4-8(5-12)11-3-7-2-9(10)13-6-7/h2,6,8,11H,3-5H2,1H3. The van der Waals surface area contributed by atoms with Gasteiger partial charge in [-0.15, -0.1) is 11.3 Å². The topological polar surface area (TPSA) is 15.3 Å². The molecule has 1 aromatic rings. The summed E-state index contributed by atoms with van der Waals surface area (Å²) in [5, 5.41) is 5.59. The van der Waals surface area contributed by atoms with Gasteiger partial charge in [0.05, 0.1) is 4.34 Å². The third-order valence-electron chi connectivity index (χ3n) is 2.28. The van der Waals surface area contributed by atoms with Crippen molar-refractivity contribution in [1.82, 2.24) is 10.2 Å².